The van der Waals surface area contributed by atoms with Gasteiger partial charge in [0.25, 0.3) is 0 Å². The number of ether oxygens (including phenoxy) is 1. The maximum Gasteiger partial charge on any atom is 0.341 e. The quantitative estimate of drug-likeness (QED) is 0.784. The second kappa shape index (κ2) is 3.80. The molecule has 0 fully saturated rings. The van der Waals surface area contributed by atoms with Crippen LogP contribution < -0.4 is 10.5 Å². The van der Waals surface area contributed by atoms with Gasteiger partial charge in [0.2, 0.25) is 0 Å². The van der Waals surface area contributed by atoms with Gasteiger partial charge in [-0.15, -0.1) is 5.10 Å². The average Bonchev–Trinajstić information content (AvgIpc) is 2.60. The third-order valence-electron chi connectivity index (χ3n) is 2.07. The van der Waals surface area contributed by atoms with Crippen LogP contribution >= 0.6 is 0 Å². The second-order valence-electron chi connectivity index (χ2n) is 3.44. The van der Waals surface area contributed by atoms with E-state index in [1.54, 1.807) is 14.0 Å². The molecule has 0 aliphatic rings. The molecular formula is C10H11FN4O. The van der Waals surface area contributed by atoms with Crippen LogP contribution in [0.5, 0.6) is 11.8 Å². The Kier molecular flexibility index (Phi) is 2.47. The summed E-state index contributed by atoms with van der Waals surface area (Å²) in [5.74, 6) is -0.0102. The number of hydrogen-bond donors (Lipinski definition) is 1. The van der Waals surface area contributed by atoms with Gasteiger partial charge in [-0.25, -0.2) is 4.39 Å². The lowest BCUT2D eigenvalue weighted by molar-refractivity contribution is 0.439. The van der Waals surface area contributed by atoms with E-state index in [1.165, 1.54) is 23.1 Å². The molecule has 0 radical (unpaired) electrons. The van der Waals surface area contributed by atoms with E-state index < -0.39 is 0 Å². The van der Waals surface area contributed by atoms with E-state index >= 15 is 0 Å². The summed E-state index contributed by atoms with van der Waals surface area (Å²) in [4.78, 5) is 3.88. The summed E-state index contributed by atoms with van der Waals surface area (Å²) in [7, 11) is 1.72. The molecule has 0 aliphatic carbocycles. The molecule has 2 N–H and O–H groups in total. The highest BCUT2D eigenvalue weighted by atomic mass is 19.1. The van der Waals surface area contributed by atoms with Crippen molar-refractivity contribution >= 4 is 5.69 Å². The lowest BCUT2D eigenvalue weighted by Gasteiger charge is -2.06. The van der Waals surface area contributed by atoms with Gasteiger partial charge < -0.3 is 10.5 Å². The molecule has 6 heteroatoms. The molecule has 16 heavy (non-hydrogen) atoms. The third-order valence-corrected chi connectivity index (χ3v) is 2.07. The van der Waals surface area contributed by atoms with Crippen molar-refractivity contribution in [1.82, 2.24) is 14.8 Å². The number of nitrogens with zero attached hydrogens (tertiary/aromatic N) is 3. The van der Waals surface area contributed by atoms with E-state index in [9.17, 15) is 4.39 Å². The van der Waals surface area contributed by atoms with Gasteiger partial charge >= 0.3 is 6.01 Å². The first-order chi connectivity index (χ1) is 7.56. The lowest BCUT2D eigenvalue weighted by Crippen LogP contribution is -1.96. The van der Waals surface area contributed by atoms with Crippen molar-refractivity contribution in [3.8, 4) is 11.8 Å². The number of benzene rings is 1. The SMILES string of the molecule is Cc1cc(Oc2ncn(C)n2)c(N)cc1F. The Morgan fingerprint density at radius 2 is 2.19 bits per heavy atom. The Morgan fingerprint density at radius 1 is 1.44 bits per heavy atom. The van der Waals surface area contributed by atoms with Crippen LogP contribution in [0.3, 0.4) is 0 Å². The van der Waals surface area contributed by atoms with Crippen molar-refractivity contribution in [1.29, 1.82) is 0 Å². The Balaban J connectivity index is 2.31. The minimum atomic E-state index is -0.362. The molecule has 2 rings (SSSR count). The highest BCUT2D eigenvalue weighted by Crippen LogP contribution is 2.27. The minimum Gasteiger partial charge on any atom is -0.421 e. The molecule has 0 amide bonds. The molecule has 0 saturated carbocycles. The molecule has 0 unspecified atom stereocenters. The molecule has 1 aromatic heterocycles. The fraction of sp³-hybridized carbons (Fsp3) is 0.200. The van der Waals surface area contributed by atoms with Gasteiger partial charge in [-0.1, -0.05) is 0 Å². The normalized spacial score (nSPS) is 10.4. The molecule has 84 valence electrons. The second-order valence-corrected chi connectivity index (χ2v) is 3.44. The van der Waals surface area contributed by atoms with Gasteiger partial charge in [-0.05, 0) is 18.6 Å². The molecule has 0 saturated heterocycles. The van der Waals surface area contributed by atoms with Crippen LogP contribution in [0, 0.1) is 12.7 Å². The molecule has 5 nitrogen and oxygen atoms in total. The lowest BCUT2D eigenvalue weighted by atomic mass is 10.2. The molecule has 0 bridgehead atoms. The molecule has 0 aliphatic heterocycles. The summed E-state index contributed by atoms with van der Waals surface area (Å²) in [5.41, 5.74) is 6.29. The first-order valence-corrected chi connectivity index (χ1v) is 4.65. The third kappa shape index (κ3) is 1.95. The van der Waals surface area contributed by atoms with Gasteiger partial charge in [0.15, 0.2) is 5.75 Å². The molecule has 0 atom stereocenters. The molecule has 1 aromatic carbocycles. The fourth-order valence-electron chi connectivity index (χ4n) is 1.22. The Hall–Kier alpha value is -2.11. The maximum absolute atomic E-state index is 13.1. The van der Waals surface area contributed by atoms with Crippen LogP contribution in [0.15, 0.2) is 18.5 Å². The number of aromatic nitrogens is 3. The summed E-state index contributed by atoms with van der Waals surface area (Å²) < 4.78 is 20.0. The number of aryl methyl sites for hydroxylation is 2. The van der Waals surface area contributed by atoms with E-state index in [4.69, 9.17) is 10.5 Å². The topological polar surface area (TPSA) is 66.0 Å². The predicted octanol–water partition coefficient (Wildman–Crippen LogP) is 1.64. The zero-order chi connectivity index (χ0) is 11.7. The first kappa shape index (κ1) is 10.4. The largest absolute Gasteiger partial charge is 0.421 e. The van der Waals surface area contributed by atoms with E-state index in [0.717, 1.165) is 0 Å². The van der Waals surface area contributed by atoms with Crippen molar-refractivity contribution in [2.75, 3.05) is 5.73 Å². The molecule has 0 spiro atoms. The number of hydrogen-bond acceptors (Lipinski definition) is 4. The Labute approximate surface area is 91.7 Å². The van der Waals surface area contributed by atoms with Gasteiger partial charge in [0, 0.05) is 13.1 Å². The highest BCUT2D eigenvalue weighted by Gasteiger charge is 2.09. The highest BCUT2D eigenvalue weighted by molar-refractivity contribution is 5.55. The maximum atomic E-state index is 13.1. The van der Waals surface area contributed by atoms with Gasteiger partial charge in [0.1, 0.15) is 12.1 Å². The van der Waals surface area contributed by atoms with Crippen molar-refractivity contribution in [2.24, 2.45) is 7.05 Å². The van der Waals surface area contributed by atoms with E-state index in [2.05, 4.69) is 10.1 Å². The molecular weight excluding hydrogens is 211 g/mol. The van der Waals surface area contributed by atoms with Crippen molar-refractivity contribution in [3.05, 3.63) is 29.8 Å². The predicted molar refractivity (Wildman–Crippen MR) is 56.6 cm³/mol. The number of rotatable bonds is 2. The number of anilines is 1. The first-order valence-electron chi connectivity index (χ1n) is 4.65. The number of nitrogen functional groups attached to an aromatic ring is 1. The number of halogens is 1. The fourth-order valence-corrected chi connectivity index (χ4v) is 1.22. The summed E-state index contributed by atoms with van der Waals surface area (Å²) in [6, 6.07) is 2.91. The molecule has 2 aromatic rings. The van der Waals surface area contributed by atoms with Gasteiger partial charge in [-0.2, -0.15) is 4.98 Å². The smallest absolute Gasteiger partial charge is 0.341 e. The zero-order valence-electron chi connectivity index (χ0n) is 8.94. The van der Waals surface area contributed by atoms with Crippen LogP contribution in [0.4, 0.5) is 10.1 Å². The summed E-state index contributed by atoms with van der Waals surface area (Å²) in [6.45, 7) is 1.63. The Morgan fingerprint density at radius 3 is 2.81 bits per heavy atom. The van der Waals surface area contributed by atoms with E-state index in [1.807, 2.05) is 0 Å². The van der Waals surface area contributed by atoms with Crippen LogP contribution in [-0.4, -0.2) is 14.8 Å². The van der Waals surface area contributed by atoms with Gasteiger partial charge in [-0.3, -0.25) is 4.68 Å². The van der Waals surface area contributed by atoms with Crippen molar-refractivity contribution in [3.63, 3.8) is 0 Å². The van der Waals surface area contributed by atoms with Gasteiger partial charge in [0.05, 0.1) is 5.69 Å². The van der Waals surface area contributed by atoms with E-state index in [0.29, 0.717) is 11.3 Å². The average molecular weight is 222 g/mol. The van der Waals surface area contributed by atoms with Crippen LogP contribution in [0.1, 0.15) is 5.56 Å². The number of nitrogens with two attached hydrogens (primary N) is 1. The minimum absolute atomic E-state index is 0.181. The standard InChI is InChI=1S/C10H11FN4O/c1-6-3-9(8(12)4-7(6)11)16-10-13-5-15(2)14-10/h3-5H,12H2,1-2H3. The zero-order valence-corrected chi connectivity index (χ0v) is 8.94. The molecule has 1 heterocycles. The monoisotopic (exact) mass is 222 g/mol. The van der Waals surface area contributed by atoms with Crippen LogP contribution in [0.25, 0.3) is 0 Å². The summed E-state index contributed by atoms with van der Waals surface area (Å²) in [6.07, 6.45) is 1.50. The van der Waals surface area contributed by atoms with Crippen molar-refractivity contribution < 1.29 is 9.13 Å². The van der Waals surface area contributed by atoms with Crippen LogP contribution in [0.2, 0.25) is 0 Å². The van der Waals surface area contributed by atoms with E-state index in [-0.39, 0.29) is 17.5 Å². The Bertz CT molecular complexity index is 524. The van der Waals surface area contributed by atoms with Crippen LogP contribution in [-0.2, 0) is 7.05 Å². The van der Waals surface area contributed by atoms with Crippen molar-refractivity contribution in [2.45, 2.75) is 6.92 Å². The summed E-state index contributed by atoms with van der Waals surface area (Å²) in [5, 5.41) is 3.93. The summed E-state index contributed by atoms with van der Waals surface area (Å²) >= 11 is 0.